The van der Waals surface area contributed by atoms with Crippen LogP contribution in [0.4, 0.5) is 10.5 Å². The third-order valence-electron chi connectivity index (χ3n) is 4.67. The summed E-state index contributed by atoms with van der Waals surface area (Å²) in [6, 6.07) is 7.02. The Hall–Kier alpha value is -2.37. The lowest BCUT2D eigenvalue weighted by molar-refractivity contribution is -0.134. The van der Waals surface area contributed by atoms with Crippen LogP contribution in [0.25, 0.3) is 0 Å². The van der Waals surface area contributed by atoms with Crippen LogP contribution < -0.4 is 10.6 Å². The molecule has 1 aromatic carbocycles. The number of hydrogen-bond donors (Lipinski definition) is 2. The minimum absolute atomic E-state index is 0.188. The Balaban J connectivity index is 1.68. The summed E-state index contributed by atoms with van der Waals surface area (Å²) in [5.74, 6) is -0.480. The number of aryl methyl sites for hydroxylation is 1. The van der Waals surface area contributed by atoms with Crippen LogP contribution in [0, 0.1) is 5.92 Å². The van der Waals surface area contributed by atoms with Crippen molar-refractivity contribution >= 4 is 23.5 Å². The van der Waals surface area contributed by atoms with Gasteiger partial charge in [0, 0.05) is 5.69 Å². The van der Waals surface area contributed by atoms with Gasteiger partial charge in [-0.25, -0.2) is 4.79 Å². The molecule has 0 unspecified atom stereocenters. The summed E-state index contributed by atoms with van der Waals surface area (Å²) in [4.78, 5) is 37.8. The molecule has 2 fully saturated rings. The third-order valence-corrected chi connectivity index (χ3v) is 4.67. The molecule has 1 atom stereocenters. The van der Waals surface area contributed by atoms with E-state index in [1.165, 1.54) is 0 Å². The van der Waals surface area contributed by atoms with Gasteiger partial charge in [0.05, 0.1) is 0 Å². The van der Waals surface area contributed by atoms with E-state index in [1.54, 1.807) is 6.92 Å². The maximum atomic E-state index is 12.5. The van der Waals surface area contributed by atoms with Gasteiger partial charge in [0.2, 0.25) is 5.91 Å². The summed E-state index contributed by atoms with van der Waals surface area (Å²) in [6.45, 7) is 3.49. The Morgan fingerprint density at radius 3 is 2.70 bits per heavy atom. The summed E-state index contributed by atoms with van der Waals surface area (Å²) < 4.78 is 0. The van der Waals surface area contributed by atoms with Crippen molar-refractivity contribution in [3.05, 3.63) is 29.8 Å². The molecule has 2 aliphatic rings. The molecule has 2 N–H and O–H groups in total. The number of amides is 4. The van der Waals surface area contributed by atoms with Crippen LogP contribution in [0.15, 0.2) is 24.3 Å². The molecule has 6 heteroatoms. The van der Waals surface area contributed by atoms with E-state index in [2.05, 4.69) is 10.6 Å². The fourth-order valence-electron chi connectivity index (χ4n) is 3.08. The first-order valence-electron chi connectivity index (χ1n) is 7.97. The first-order valence-corrected chi connectivity index (χ1v) is 7.97. The Morgan fingerprint density at radius 2 is 2.04 bits per heavy atom. The fraction of sp³-hybridized carbons (Fsp3) is 0.471. The molecule has 1 aromatic rings. The van der Waals surface area contributed by atoms with Gasteiger partial charge < -0.3 is 10.6 Å². The zero-order chi connectivity index (χ0) is 16.6. The molecule has 1 saturated heterocycles. The van der Waals surface area contributed by atoms with Crippen LogP contribution in [0.1, 0.15) is 32.3 Å². The average Bonchev–Trinajstić information content (AvgIpc) is 3.34. The van der Waals surface area contributed by atoms with Crippen LogP contribution in [0.2, 0.25) is 0 Å². The molecule has 3 rings (SSSR count). The topological polar surface area (TPSA) is 78.5 Å². The van der Waals surface area contributed by atoms with E-state index in [0.29, 0.717) is 0 Å². The molecule has 0 aromatic heterocycles. The summed E-state index contributed by atoms with van der Waals surface area (Å²) in [6.07, 6.45) is 2.66. The number of urea groups is 1. The summed E-state index contributed by atoms with van der Waals surface area (Å²) in [7, 11) is 0. The highest BCUT2D eigenvalue weighted by Gasteiger charge is 2.56. The van der Waals surface area contributed by atoms with Crippen LogP contribution >= 0.6 is 0 Å². The number of nitrogens with zero attached hydrogens (tertiary/aromatic N) is 1. The Bertz CT molecular complexity index is 669. The number of para-hydroxylation sites is 1. The lowest BCUT2D eigenvalue weighted by atomic mass is 9.96. The molecule has 1 aliphatic carbocycles. The molecule has 1 aliphatic heterocycles. The molecule has 1 heterocycles. The molecule has 0 radical (unpaired) electrons. The number of hydrogen-bond acceptors (Lipinski definition) is 3. The van der Waals surface area contributed by atoms with Crippen molar-refractivity contribution in [3.63, 3.8) is 0 Å². The molecule has 1 saturated carbocycles. The van der Waals surface area contributed by atoms with E-state index in [9.17, 15) is 14.4 Å². The molecule has 6 nitrogen and oxygen atoms in total. The molecule has 4 amide bonds. The number of rotatable bonds is 5. The zero-order valence-electron chi connectivity index (χ0n) is 13.4. The van der Waals surface area contributed by atoms with Gasteiger partial charge in [-0.2, -0.15) is 0 Å². The quantitative estimate of drug-likeness (QED) is 0.815. The number of carbonyl (C=O) groups is 3. The molecule has 0 spiro atoms. The van der Waals surface area contributed by atoms with Crippen molar-refractivity contribution < 1.29 is 14.4 Å². The maximum Gasteiger partial charge on any atom is 0.325 e. The predicted octanol–water partition coefficient (Wildman–Crippen LogP) is 1.91. The minimum Gasteiger partial charge on any atom is -0.324 e. The van der Waals surface area contributed by atoms with Gasteiger partial charge in [0.25, 0.3) is 5.91 Å². The molecule has 0 bridgehead atoms. The van der Waals surface area contributed by atoms with E-state index in [1.807, 2.05) is 31.2 Å². The van der Waals surface area contributed by atoms with E-state index in [-0.39, 0.29) is 24.3 Å². The highest BCUT2D eigenvalue weighted by molar-refractivity contribution is 6.10. The van der Waals surface area contributed by atoms with Gasteiger partial charge in [-0.3, -0.25) is 14.5 Å². The van der Waals surface area contributed by atoms with Gasteiger partial charge in [-0.15, -0.1) is 0 Å². The highest BCUT2D eigenvalue weighted by atomic mass is 16.2. The lowest BCUT2D eigenvalue weighted by Crippen LogP contribution is -2.46. The molecule has 122 valence electrons. The smallest absolute Gasteiger partial charge is 0.324 e. The predicted molar refractivity (Wildman–Crippen MR) is 85.8 cm³/mol. The first kappa shape index (κ1) is 15.5. The zero-order valence-corrected chi connectivity index (χ0v) is 13.4. The Morgan fingerprint density at radius 1 is 1.35 bits per heavy atom. The first-order chi connectivity index (χ1) is 11.0. The van der Waals surface area contributed by atoms with Gasteiger partial charge in [0.15, 0.2) is 0 Å². The Kier molecular flexibility index (Phi) is 3.83. The second kappa shape index (κ2) is 5.68. The van der Waals surface area contributed by atoms with Crippen LogP contribution in [0.3, 0.4) is 0 Å². The largest absolute Gasteiger partial charge is 0.325 e. The van der Waals surface area contributed by atoms with Gasteiger partial charge in [-0.1, -0.05) is 25.1 Å². The normalized spacial score (nSPS) is 23.8. The van der Waals surface area contributed by atoms with Crippen molar-refractivity contribution in [2.24, 2.45) is 5.92 Å². The van der Waals surface area contributed by atoms with E-state index in [0.717, 1.165) is 35.4 Å². The fourth-order valence-corrected chi connectivity index (χ4v) is 3.08. The van der Waals surface area contributed by atoms with Gasteiger partial charge in [-0.05, 0) is 43.7 Å². The minimum atomic E-state index is -0.849. The standard InChI is InChI=1S/C17H21N3O3/c1-3-11-6-4-5-7-13(11)18-14(21)10-20-15(22)17(2,12-8-9-12)19-16(20)23/h4-7,12H,3,8-10H2,1-2H3,(H,18,21)(H,19,23)/t17-/m0/s1. The monoisotopic (exact) mass is 315 g/mol. The molecular weight excluding hydrogens is 294 g/mol. The van der Waals surface area contributed by atoms with Crippen LogP contribution in [-0.4, -0.2) is 34.8 Å². The highest BCUT2D eigenvalue weighted by Crippen LogP contribution is 2.42. The van der Waals surface area contributed by atoms with Crippen LogP contribution in [-0.2, 0) is 16.0 Å². The number of anilines is 1. The van der Waals surface area contributed by atoms with E-state index in [4.69, 9.17) is 0 Å². The van der Waals surface area contributed by atoms with Gasteiger partial charge in [0.1, 0.15) is 12.1 Å². The SMILES string of the molecule is CCc1ccccc1NC(=O)CN1C(=O)N[C@@](C)(C2CC2)C1=O. The number of imide groups is 1. The van der Waals surface area contributed by atoms with Crippen LogP contribution in [0.5, 0.6) is 0 Å². The number of benzene rings is 1. The van der Waals surface area contributed by atoms with Crippen molar-refractivity contribution in [1.29, 1.82) is 0 Å². The second-order valence-electron chi connectivity index (χ2n) is 6.36. The van der Waals surface area contributed by atoms with Crippen molar-refractivity contribution in [2.45, 2.75) is 38.6 Å². The summed E-state index contributed by atoms with van der Waals surface area (Å²) >= 11 is 0. The van der Waals surface area contributed by atoms with E-state index >= 15 is 0 Å². The average molecular weight is 315 g/mol. The number of carbonyl (C=O) groups excluding carboxylic acids is 3. The summed E-state index contributed by atoms with van der Waals surface area (Å²) in [5.41, 5.74) is 0.886. The molecule has 23 heavy (non-hydrogen) atoms. The Labute approximate surface area is 135 Å². The maximum absolute atomic E-state index is 12.5. The van der Waals surface area contributed by atoms with E-state index < -0.39 is 11.6 Å². The van der Waals surface area contributed by atoms with Crippen molar-refractivity contribution in [2.75, 3.05) is 11.9 Å². The second-order valence-corrected chi connectivity index (χ2v) is 6.36. The molecular formula is C17H21N3O3. The summed E-state index contributed by atoms with van der Waals surface area (Å²) in [5, 5.41) is 5.53. The third kappa shape index (κ3) is 2.81. The lowest BCUT2D eigenvalue weighted by Gasteiger charge is -2.20. The number of nitrogens with one attached hydrogen (secondary N) is 2. The van der Waals surface area contributed by atoms with Gasteiger partial charge >= 0.3 is 6.03 Å². The van der Waals surface area contributed by atoms with Crippen molar-refractivity contribution in [3.8, 4) is 0 Å². The van der Waals surface area contributed by atoms with Crippen molar-refractivity contribution in [1.82, 2.24) is 10.2 Å².